The highest BCUT2D eigenvalue weighted by Gasteiger charge is 2.24. The van der Waals surface area contributed by atoms with E-state index in [1.54, 1.807) is 6.20 Å². The molecule has 0 unspecified atom stereocenters. The molecule has 0 atom stereocenters. The van der Waals surface area contributed by atoms with Crippen molar-refractivity contribution in [1.82, 2.24) is 10.2 Å². The van der Waals surface area contributed by atoms with Crippen molar-refractivity contribution in [3.8, 4) is 0 Å². The Balaban J connectivity index is 1.63. The maximum atomic E-state index is 11.9. The van der Waals surface area contributed by atoms with Crippen LogP contribution in [0.1, 0.15) is 19.3 Å². The van der Waals surface area contributed by atoms with E-state index in [0.717, 1.165) is 36.3 Å². The van der Waals surface area contributed by atoms with Gasteiger partial charge in [-0.15, -0.1) is 5.10 Å². The third-order valence-corrected chi connectivity index (χ3v) is 4.06. The van der Waals surface area contributed by atoms with Gasteiger partial charge in [0.25, 0.3) is 0 Å². The molecule has 0 saturated heterocycles. The zero-order valence-corrected chi connectivity index (χ0v) is 13.4. The van der Waals surface area contributed by atoms with Gasteiger partial charge >= 0.3 is 0 Å². The van der Waals surface area contributed by atoms with Gasteiger partial charge in [-0.3, -0.25) is 4.79 Å². The molecule has 1 amide bonds. The van der Waals surface area contributed by atoms with Crippen molar-refractivity contribution in [3.63, 3.8) is 0 Å². The first-order chi connectivity index (χ1) is 11.1. The highest BCUT2D eigenvalue weighted by molar-refractivity contribution is 5.93. The van der Waals surface area contributed by atoms with E-state index in [4.69, 9.17) is 0 Å². The van der Waals surface area contributed by atoms with E-state index < -0.39 is 0 Å². The van der Waals surface area contributed by atoms with Crippen molar-refractivity contribution in [3.05, 3.63) is 36.5 Å². The average molecular weight is 311 g/mol. The van der Waals surface area contributed by atoms with E-state index in [9.17, 15) is 4.79 Å². The third kappa shape index (κ3) is 3.77. The molecule has 1 heterocycles. The van der Waals surface area contributed by atoms with Crippen molar-refractivity contribution in [2.45, 2.75) is 19.3 Å². The SMILES string of the molecule is CN(C)c1cnnc(Nc2ccc(NC(=O)C3CCC3)cc2)c1. The molecule has 1 aliphatic carbocycles. The number of hydrogen-bond donors (Lipinski definition) is 2. The highest BCUT2D eigenvalue weighted by atomic mass is 16.1. The number of carbonyl (C=O) groups excluding carboxylic acids is 1. The molecule has 1 aliphatic rings. The molecule has 3 rings (SSSR count). The van der Waals surface area contributed by atoms with Crippen LogP contribution in [0.4, 0.5) is 22.9 Å². The number of carbonyl (C=O) groups is 1. The average Bonchev–Trinajstić information content (AvgIpc) is 2.48. The van der Waals surface area contributed by atoms with Crippen LogP contribution in [0.2, 0.25) is 0 Å². The maximum Gasteiger partial charge on any atom is 0.227 e. The molecule has 0 aliphatic heterocycles. The first kappa shape index (κ1) is 15.3. The smallest absolute Gasteiger partial charge is 0.227 e. The number of aromatic nitrogens is 2. The van der Waals surface area contributed by atoms with Gasteiger partial charge in [0.05, 0.1) is 11.9 Å². The molecule has 1 saturated carbocycles. The summed E-state index contributed by atoms with van der Waals surface area (Å²) in [6.07, 6.45) is 4.89. The van der Waals surface area contributed by atoms with Crippen LogP contribution in [0.15, 0.2) is 36.5 Å². The molecular weight excluding hydrogens is 290 g/mol. The van der Waals surface area contributed by atoms with E-state index in [1.165, 1.54) is 0 Å². The summed E-state index contributed by atoms with van der Waals surface area (Å²) in [5.74, 6) is 1.00. The van der Waals surface area contributed by atoms with E-state index in [-0.39, 0.29) is 11.8 Å². The van der Waals surface area contributed by atoms with Gasteiger partial charge in [0.15, 0.2) is 5.82 Å². The zero-order chi connectivity index (χ0) is 16.2. The van der Waals surface area contributed by atoms with Gasteiger partial charge in [-0.2, -0.15) is 5.10 Å². The van der Waals surface area contributed by atoms with Crippen molar-refractivity contribution in [2.24, 2.45) is 5.92 Å². The second-order valence-corrected chi connectivity index (χ2v) is 6.01. The Kier molecular flexibility index (Phi) is 4.41. The molecule has 2 aromatic rings. The monoisotopic (exact) mass is 311 g/mol. The lowest BCUT2D eigenvalue weighted by molar-refractivity contribution is -0.122. The van der Waals surface area contributed by atoms with Gasteiger partial charge in [0.2, 0.25) is 5.91 Å². The summed E-state index contributed by atoms with van der Waals surface area (Å²) in [5.41, 5.74) is 2.70. The minimum absolute atomic E-state index is 0.126. The van der Waals surface area contributed by atoms with Crippen molar-refractivity contribution >= 4 is 28.8 Å². The molecule has 2 N–H and O–H groups in total. The van der Waals surface area contributed by atoms with Gasteiger partial charge in [-0.05, 0) is 37.1 Å². The molecule has 120 valence electrons. The predicted octanol–water partition coefficient (Wildman–Crippen LogP) is 3.02. The van der Waals surface area contributed by atoms with Crippen molar-refractivity contribution in [2.75, 3.05) is 29.6 Å². The van der Waals surface area contributed by atoms with Crippen LogP contribution in [0, 0.1) is 5.92 Å². The lowest BCUT2D eigenvalue weighted by Crippen LogP contribution is -2.27. The van der Waals surface area contributed by atoms with E-state index in [1.807, 2.05) is 49.3 Å². The number of nitrogens with one attached hydrogen (secondary N) is 2. The Morgan fingerprint density at radius 3 is 2.48 bits per heavy atom. The fourth-order valence-electron chi connectivity index (χ4n) is 2.36. The molecule has 23 heavy (non-hydrogen) atoms. The van der Waals surface area contributed by atoms with E-state index in [2.05, 4.69) is 20.8 Å². The predicted molar refractivity (Wildman–Crippen MR) is 92.1 cm³/mol. The zero-order valence-electron chi connectivity index (χ0n) is 13.4. The molecule has 6 heteroatoms. The fourth-order valence-corrected chi connectivity index (χ4v) is 2.36. The lowest BCUT2D eigenvalue weighted by Gasteiger charge is -2.24. The first-order valence-electron chi connectivity index (χ1n) is 7.80. The summed E-state index contributed by atoms with van der Waals surface area (Å²) in [5, 5.41) is 14.2. The molecule has 1 aromatic carbocycles. The van der Waals surface area contributed by atoms with Crippen LogP contribution in [-0.2, 0) is 4.79 Å². The maximum absolute atomic E-state index is 11.9. The Bertz CT molecular complexity index is 680. The molecule has 0 spiro atoms. The summed E-state index contributed by atoms with van der Waals surface area (Å²) >= 11 is 0. The van der Waals surface area contributed by atoms with Crippen molar-refractivity contribution in [1.29, 1.82) is 0 Å². The molecule has 6 nitrogen and oxygen atoms in total. The molecule has 0 radical (unpaired) electrons. The normalized spacial score (nSPS) is 14.0. The summed E-state index contributed by atoms with van der Waals surface area (Å²) in [7, 11) is 3.92. The Morgan fingerprint density at radius 1 is 1.17 bits per heavy atom. The van der Waals surface area contributed by atoms with E-state index in [0.29, 0.717) is 5.82 Å². The summed E-state index contributed by atoms with van der Waals surface area (Å²) in [6.45, 7) is 0. The fraction of sp³-hybridized carbons (Fsp3) is 0.353. The third-order valence-electron chi connectivity index (χ3n) is 4.06. The summed E-state index contributed by atoms with van der Waals surface area (Å²) in [4.78, 5) is 13.9. The highest BCUT2D eigenvalue weighted by Crippen LogP contribution is 2.28. The second kappa shape index (κ2) is 6.64. The summed E-state index contributed by atoms with van der Waals surface area (Å²) in [6, 6.07) is 9.55. The number of amides is 1. The van der Waals surface area contributed by atoms with Crippen LogP contribution in [0.25, 0.3) is 0 Å². The number of rotatable bonds is 5. The van der Waals surface area contributed by atoms with E-state index >= 15 is 0 Å². The molecule has 1 aromatic heterocycles. The van der Waals surface area contributed by atoms with Gasteiger partial charge in [0, 0.05) is 37.5 Å². The van der Waals surface area contributed by atoms with Crippen LogP contribution < -0.4 is 15.5 Å². The largest absolute Gasteiger partial charge is 0.376 e. The van der Waals surface area contributed by atoms with Gasteiger partial charge in [-0.25, -0.2) is 0 Å². The number of hydrogen-bond acceptors (Lipinski definition) is 5. The minimum Gasteiger partial charge on any atom is -0.376 e. The van der Waals surface area contributed by atoms with Crippen LogP contribution in [-0.4, -0.2) is 30.2 Å². The Labute approximate surface area is 135 Å². The first-order valence-corrected chi connectivity index (χ1v) is 7.80. The quantitative estimate of drug-likeness (QED) is 0.888. The van der Waals surface area contributed by atoms with Gasteiger partial charge in [-0.1, -0.05) is 6.42 Å². The minimum atomic E-state index is 0.126. The van der Waals surface area contributed by atoms with Crippen LogP contribution in [0.3, 0.4) is 0 Å². The van der Waals surface area contributed by atoms with Gasteiger partial charge < -0.3 is 15.5 Å². The van der Waals surface area contributed by atoms with Gasteiger partial charge in [0.1, 0.15) is 0 Å². The lowest BCUT2D eigenvalue weighted by atomic mass is 9.85. The topological polar surface area (TPSA) is 70.2 Å². The van der Waals surface area contributed by atoms with Crippen LogP contribution >= 0.6 is 0 Å². The molecule has 0 bridgehead atoms. The Hall–Kier alpha value is -2.63. The number of nitrogens with zero attached hydrogens (tertiary/aromatic N) is 3. The molecular formula is C17H21N5O. The number of anilines is 4. The number of benzene rings is 1. The Morgan fingerprint density at radius 2 is 1.87 bits per heavy atom. The van der Waals surface area contributed by atoms with Crippen LogP contribution in [0.5, 0.6) is 0 Å². The molecule has 1 fully saturated rings. The second-order valence-electron chi connectivity index (χ2n) is 6.01. The summed E-state index contributed by atoms with van der Waals surface area (Å²) < 4.78 is 0. The van der Waals surface area contributed by atoms with Crippen molar-refractivity contribution < 1.29 is 4.79 Å². The standard InChI is InChI=1S/C17H21N5O/c1-22(2)15-10-16(21-18-11-15)19-13-6-8-14(9-7-13)20-17(23)12-4-3-5-12/h6-12H,3-5H2,1-2H3,(H,19,21)(H,20,23).